The Bertz CT molecular complexity index is 309. The van der Waals surface area contributed by atoms with E-state index in [-0.39, 0.29) is 18.7 Å². The lowest BCUT2D eigenvalue weighted by molar-refractivity contribution is -0.137. The molecule has 0 aliphatic carbocycles. The number of likely N-dealkylation sites (N-methyl/N-ethyl adjacent to an activating group) is 1. The summed E-state index contributed by atoms with van der Waals surface area (Å²) in [6.45, 7) is 5.96. The lowest BCUT2D eigenvalue weighted by Crippen LogP contribution is -2.50. The van der Waals surface area contributed by atoms with E-state index in [1.54, 1.807) is 11.8 Å². The lowest BCUT2D eigenvalue weighted by atomic mass is 10.1. The number of amides is 2. The molecule has 0 aromatic carbocycles. The molecule has 1 atom stereocenters. The fourth-order valence-corrected chi connectivity index (χ4v) is 2.21. The summed E-state index contributed by atoms with van der Waals surface area (Å²) in [6, 6.07) is -0.199. The van der Waals surface area contributed by atoms with Gasteiger partial charge in [0.1, 0.15) is 6.54 Å². The predicted molar refractivity (Wildman–Crippen MR) is 71.1 cm³/mol. The number of carbonyl (C=O) groups excluding carboxylic acids is 1. The first kappa shape index (κ1) is 15.8. The number of carboxylic acids is 1. The Hall–Kier alpha value is -1.30. The summed E-state index contributed by atoms with van der Waals surface area (Å²) >= 11 is 0. The summed E-state index contributed by atoms with van der Waals surface area (Å²) in [4.78, 5) is 26.0. The maximum atomic E-state index is 12.2. The molecule has 1 heterocycles. The zero-order chi connectivity index (χ0) is 14.3. The van der Waals surface area contributed by atoms with Crippen molar-refractivity contribution in [3.8, 4) is 0 Å². The van der Waals surface area contributed by atoms with Crippen LogP contribution in [0.25, 0.3) is 0 Å². The van der Waals surface area contributed by atoms with Gasteiger partial charge in [-0.3, -0.25) is 4.79 Å². The van der Waals surface area contributed by atoms with Crippen molar-refractivity contribution in [2.24, 2.45) is 0 Å². The summed E-state index contributed by atoms with van der Waals surface area (Å²) in [5.41, 5.74) is 0. The average Bonchev–Trinajstić information content (AvgIpc) is 2.41. The first-order valence-corrected chi connectivity index (χ1v) is 6.95. The molecular weight excluding hydrogens is 248 g/mol. The molecule has 1 aliphatic heterocycles. The number of nitrogens with zero attached hydrogens (tertiary/aromatic N) is 2. The first-order valence-electron chi connectivity index (χ1n) is 6.95. The van der Waals surface area contributed by atoms with Gasteiger partial charge in [0.2, 0.25) is 0 Å². The Labute approximate surface area is 114 Å². The molecule has 1 N–H and O–H groups in total. The smallest absolute Gasteiger partial charge is 0.323 e. The molecule has 110 valence electrons. The Kier molecular flexibility index (Phi) is 6.62. The Morgan fingerprint density at radius 2 is 2.16 bits per heavy atom. The molecule has 0 aromatic rings. The maximum Gasteiger partial charge on any atom is 0.323 e. The third-order valence-corrected chi connectivity index (χ3v) is 3.18. The van der Waals surface area contributed by atoms with Crippen molar-refractivity contribution in [1.29, 1.82) is 0 Å². The largest absolute Gasteiger partial charge is 0.480 e. The van der Waals surface area contributed by atoms with Crippen molar-refractivity contribution >= 4 is 12.0 Å². The van der Waals surface area contributed by atoms with Crippen LogP contribution in [0.4, 0.5) is 4.79 Å². The number of ether oxygens (including phenoxy) is 1. The highest BCUT2D eigenvalue weighted by atomic mass is 16.5. The monoisotopic (exact) mass is 272 g/mol. The summed E-state index contributed by atoms with van der Waals surface area (Å²) in [6.07, 6.45) is 2.92. The number of urea groups is 1. The zero-order valence-electron chi connectivity index (χ0n) is 11.8. The molecule has 1 unspecified atom stereocenters. The van der Waals surface area contributed by atoms with Crippen LogP contribution in [-0.4, -0.2) is 65.8 Å². The van der Waals surface area contributed by atoms with E-state index in [4.69, 9.17) is 9.84 Å². The molecule has 19 heavy (non-hydrogen) atoms. The van der Waals surface area contributed by atoms with E-state index in [1.165, 1.54) is 4.90 Å². The Morgan fingerprint density at radius 1 is 1.42 bits per heavy atom. The van der Waals surface area contributed by atoms with Crippen LogP contribution in [0.2, 0.25) is 0 Å². The van der Waals surface area contributed by atoms with E-state index in [1.807, 2.05) is 0 Å². The van der Waals surface area contributed by atoms with Crippen molar-refractivity contribution < 1.29 is 19.4 Å². The van der Waals surface area contributed by atoms with E-state index in [9.17, 15) is 9.59 Å². The second-order valence-corrected chi connectivity index (χ2v) is 4.77. The molecule has 1 rings (SSSR count). The molecule has 2 amide bonds. The SMILES string of the molecule is CCCOC1CCCN(C(=O)N(CC)CC(=O)O)C1. The molecule has 1 fully saturated rings. The van der Waals surface area contributed by atoms with Gasteiger partial charge in [0.05, 0.1) is 6.10 Å². The van der Waals surface area contributed by atoms with Gasteiger partial charge in [-0.05, 0) is 26.2 Å². The van der Waals surface area contributed by atoms with Gasteiger partial charge in [-0.25, -0.2) is 4.79 Å². The van der Waals surface area contributed by atoms with Crippen LogP contribution in [0, 0.1) is 0 Å². The van der Waals surface area contributed by atoms with Crippen LogP contribution >= 0.6 is 0 Å². The highest BCUT2D eigenvalue weighted by molar-refractivity contribution is 5.80. The average molecular weight is 272 g/mol. The van der Waals surface area contributed by atoms with Crippen molar-refractivity contribution in [2.45, 2.75) is 39.2 Å². The van der Waals surface area contributed by atoms with Crippen molar-refractivity contribution in [3.05, 3.63) is 0 Å². The van der Waals surface area contributed by atoms with E-state index in [2.05, 4.69) is 6.92 Å². The minimum absolute atomic E-state index is 0.0844. The van der Waals surface area contributed by atoms with E-state index in [0.717, 1.165) is 19.3 Å². The molecule has 6 nitrogen and oxygen atoms in total. The van der Waals surface area contributed by atoms with E-state index in [0.29, 0.717) is 26.2 Å². The molecule has 0 radical (unpaired) electrons. The third kappa shape index (κ3) is 5.06. The minimum Gasteiger partial charge on any atom is -0.480 e. The first-order chi connectivity index (χ1) is 9.08. The fourth-order valence-electron chi connectivity index (χ4n) is 2.21. The number of carbonyl (C=O) groups is 2. The Balaban J connectivity index is 2.52. The fraction of sp³-hybridized carbons (Fsp3) is 0.846. The van der Waals surface area contributed by atoms with Gasteiger partial charge in [0.15, 0.2) is 0 Å². The second-order valence-electron chi connectivity index (χ2n) is 4.77. The van der Waals surface area contributed by atoms with Gasteiger partial charge in [0, 0.05) is 26.2 Å². The topological polar surface area (TPSA) is 70.1 Å². The Morgan fingerprint density at radius 3 is 2.74 bits per heavy atom. The highest BCUT2D eigenvalue weighted by Gasteiger charge is 2.27. The van der Waals surface area contributed by atoms with Crippen LogP contribution in [0.3, 0.4) is 0 Å². The number of hydrogen-bond donors (Lipinski definition) is 1. The number of carboxylic acid groups (broad SMARTS) is 1. The summed E-state index contributed by atoms with van der Waals surface area (Å²) < 4.78 is 5.68. The van der Waals surface area contributed by atoms with Gasteiger partial charge < -0.3 is 19.6 Å². The number of aliphatic carboxylic acids is 1. The number of hydrogen-bond acceptors (Lipinski definition) is 3. The van der Waals surface area contributed by atoms with Gasteiger partial charge in [0.25, 0.3) is 0 Å². The molecule has 0 spiro atoms. The number of rotatable bonds is 6. The maximum absolute atomic E-state index is 12.2. The van der Waals surface area contributed by atoms with Crippen LogP contribution < -0.4 is 0 Å². The van der Waals surface area contributed by atoms with Gasteiger partial charge in [-0.1, -0.05) is 6.92 Å². The van der Waals surface area contributed by atoms with E-state index >= 15 is 0 Å². The van der Waals surface area contributed by atoms with Crippen molar-refractivity contribution in [1.82, 2.24) is 9.80 Å². The quantitative estimate of drug-likeness (QED) is 0.793. The van der Waals surface area contributed by atoms with Crippen LogP contribution in [-0.2, 0) is 9.53 Å². The lowest BCUT2D eigenvalue weighted by Gasteiger charge is -2.35. The highest BCUT2D eigenvalue weighted by Crippen LogP contribution is 2.15. The summed E-state index contributed by atoms with van der Waals surface area (Å²) in [5.74, 6) is -0.981. The van der Waals surface area contributed by atoms with Gasteiger partial charge in [-0.2, -0.15) is 0 Å². The molecule has 1 aliphatic rings. The molecular formula is C13H24N2O4. The van der Waals surface area contributed by atoms with Crippen LogP contribution in [0.1, 0.15) is 33.1 Å². The van der Waals surface area contributed by atoms with Crippen LogP contribution in [0.15, 0.2) is 0 Å². The summed E-state index contributed by atoms with van der Waals surface area (Å²) in [5, 5.41) is 8.79. The number of likely N-dealkylation sites (tertiary alicyclic amines) is 1. The third-order valence-electron chi connectivity index (χ3n) is 3.18. The van der Waals surface area contributed by atoms with Crippen LogP contribution in [0.5, 0.6) is 0 Å². The second kappa shape index (κ2) is 7.99. The molecule has 0 saturated carbocycles. The molecule has 0 aromatic heterocycles. The zero-order valence-corrected chi connectivity index (χ0v) is 11.8. The predicted octanol–water partition coefficient (Wildman–Crippen LogP) is 1.40. The molecule has 0 bridgehead atoms. The standard InChI is InChI=1S/C13H24N2O4/c1-3-8-19-11-6-5-7-15(9-11)13(18)14(4-2)10-12(16)17/h11H,3-10H2,1-2H3,(H,16,17). The molecule has 6 heteroatoms. The summed E-state index contributed by atoms with van der Waals surface area (Å²) in [7, 11) is 0. The minimum atomic E-state index is -0.981. The van der Waals surface area contributed by atoms with E-state index < -0.39 is 5.97 Å². The molecule has 1 saturated heterocycles. The number of piperidine rings is 1. The van der Waals surface area contributed by atoms with Crippen molar-refractivity contribution in [2.75, 3.05) is 32.8 Å². The van der Waals surface area contributed by atoms with Gasteiger partial charge in [-0.15, -0.1) is 0 Å². The normalized spacial score (nSPS) is 19.3. The van der Waals surface area contributed by atoms with Crippen molar-refractivity contribution in [3.63, 3.8) is 0 Å². The van der Waals surface area contributed by atoms with Gasteiger partial charge >= 0.3 is 12.0 Å².